The van der Waals surface area contributed by atoms with Crippen LogP contribution in [-0.4, -0.2) is 78.6 Å². The first-order valence-electron chi connectivity index (χ1n) is 14.7. The van der Waals surface area contributed by atoms with Gasteiger partial charge in [0.05, 0.1) is 46.3 Å². The van der Waals surface area contributed by atoms with Crippen LogP contribution in [0.15, 0.2) is 54.7 Å². The highest BCUT2D eigenvalue weighted by Crippen LogP contribution is 2.41. The fourth-order valence-electron chi connectivity index (χ4n) is 6.68. The maximum Gasteiger partial charge on any atom is 0.166 e. The summed E-state index contributed by atoms with van der Waals surface area (Å²) in [5, 5.41) is 23.1. The van der Waals surface area contributed by atoms with Crippen molar-refractivity contribution in [1.82, 2.24) is 14.8 Å². The lowest BCUT2D eigenvalue weighted by Gasteiger charge is -2.32. The summed E-state index contributed by atoms with van der Waals surface area (Å²) in [5.74, 6) is 2.37. The van der Waals surface area contributed by atoms with Gasteiger partial charge in [-0.2, -0.15) is 0 Å². The highest BCUT2D eigenvalue weighted by atomic mass is 16.5. The zero-order valence-corrected chi connectivity index (χ0v) is 25.0. The topological polar surface area (TPSA) is 96.8 Å². The van der Waals surface area contributed by atoms with Crippen molar-refractivity contribution in [2.75, 3.05) is 41.5 Å². The van der Waals surface area contributed by atoms with E-state index in [1.807, 2.05) is 48.7 Å². The first-order valence-corrected chi connectivity index (χ1v) is 14.7. The maximum atomic E-state index is 11.5. The van der Waals surface area contributed by atoms with Gasteiger partial charge in [0, 0.05) is 42.5 Å². The van der Waals surface area contributed by atoms with E-state index in [9.17, 15) is 10.2 Å². The molecule has 9 nitrogen and oxygen atoms in total. The Morgan fingerprint density at radius 3 is 1.74 bits per heavy atom. The number of rotatable bonds is 12. The number of benzene rings is 2. The molecule has 0 amide bonds. The molecule has 1 aromatic heterocycles. The minimum absolute atomic E-state index is 0.0547. The number of nitrogens with zero attached hydrogens (tertiary/aromatic N) is 3. The minimum Gasteiger partial charge on any atom is -0.493 e. The van der Waals surface area contributed by atoms with Crippen molar-refractivity contribution in [3.8, 4) is 23.0 Å². The molecule has 4 atom stereocenters. The normalized spacial score (nSPS) is 20.8. The second-order valence-electron chi connectivity index (χ2n) is 11.0. The third-order valence-electron chi connectivity index (χ3n) is 8.77. The summed E-state index contributed by atoms with van der Waals surface area (Å²) in [6.07, 6.45) is 4.18. The van der Waals surface area contributed by atoms with Crippen molar-refractivity contribution in [2.45, 2.75) is 63.1 Å². The van der Waals surface area contributed by atoms with Crippen LogP contribution in [0.3, 0.4) is 0 Å². The molecule has 2 fully saturated rings. The summed E-state index contributed by atoms with van der Waals surface area (Å²) >= 11 is 0. The summed E-state index contributed by atoms with van der Waals surface area (Å²) in [6, 6.07) is 15.3. The Bertz CT molecular complexity index is 1240. The zero-order chi connectivity index (χ0) is 29.6. The Hall–Kier alpha value is -3.37. The average molecular weight is 578 g/mol. The SMILES string of the molecule is COc1cccc(C(O)[C@@H]2CCCN2Cc2cccnc2CN2CCC[C@H]2C(O)c2cccc(OC)c2OC)c1OC. The Kier molecular flexibility index (Phi) is 9.84. The molecule has 3 aromatic rings. The first-order chi connectivity index (χ1) is 20.5. The van der Waals surface area contributed by atoms with Crippen LogP contribution in [0, 0.1) is 0 Å². The maximum absolute atomic E-state index is 11.5. The number of methoxy groups -OCH3 is 4. The second kappa shape index (κ2) is 13.7. The first kappa shape index (κ1) is 30.1. The molecule has 226 valence electrons. The van der Waals surface area contributed by atoms with Crippen LogP contribution in [0.5, 0.6) is 23.0 Å². The number of para-hydroxylation sites is 2. The number of likely N-dealkylation sites (tertiary alicyclic amines) is 2. The lowest BCUT2D eigenvalue weighted by Crippen LogP contribution is -2.36. The Balaban J connectivity index is 1.33. The number of aliphatic hydroxyl groups excluding tert-OH is 2. The highest BCUT2D eigenvalue weighted by Gasteiger charge is 2.36. The molecule has 9 heteroatoms. The van der Waals surface area contributed by atoms with E-state index in [1.165, 1.54) is 0 Å². The zero-order valence-electron chi connectivity index (χ0n) is 25.0. The van der Waals surface area contributed by atoms with E-state index in [4.69, 9.17) is 23.9 Å². The van der Waals surface area contributed by atoms with Gasteiger partial charge in [0.25, 0.3) is 0 Å². The number of hydrogen-bond acceptors (Lipinski definition) is 9. The fourth-order valence-corrected chi connectivity index (χ4v) is 6.68. The molecular formula is C33H43N3O6. The molecule has 2 aromatic carbocycles. The lowest BCUT2D eigenvalue weighted by atomic mass is 9.98. The van der Waals surface area contributed by atoms with Crippen LogP contribution >= 0.6 is 0 Å². The number of ether oxygens (including phenoxy) is 4. The summed E-state index contributed by atoms with van der Waals surface area (Å²) in [5.41, 5.74) is 3.60. The van der Waals surface area contributed by atoms with Gasteiger partial charge >= 0.3 is 0 Å². The molecule has 0 aliphatic carbocycles. The van der Waals surface area contributed by atoms with Crippen LogP contribution in [0.2, 0.25) is 0 Å². The predicted molar refractivity (Wildman–Crippen MR) is 160 cm³/mol. The van der Waals surface area contributed by atoms with E-state index < -0.39 is 12.2 Å². The van der Waals surface area contributed by atoms with Gasteiger partial charge in [-0.3, -0.25) is 14.8 Å². The number of aliphatic hydroxyl groups is 2. The highest BCUT2D eigenvalue weighted by molar-refractivity contribution is 5.49. The molecule has 5 rings (SSSR count). The van der Waals surface area contributed by atoms with Gasteiger partial charge < -0.3 is 29.2 Å². The van der Waals surface area contributed by atoms with Gasteiger partial charge in [0.1, 0.15) is 0 Å². The molecular weight excluding hydrogens is 534 g/mol. The van der Waals surface area contributed by atoms with Gasteiger partial charge in [0.2, 0.25) is 0 Å². The molecule has 2 N–H and O–H groups in total. The van der Waals surface area contributed by atoms with Crippen molar-refractivity contribution in [1.29, 1.82) is 0 Å². The second-order valence-corrected chi connectivity index (χ2v) is 11.0. The molecule has 2 aliphatic rings. The van der Waals surface area contributed by atoms with Gasteiger partial charge in [-0.1, -0.05) is 30.3 Å². The summed E-state index contributed by atoms with van der Waals surface area (Å²) < 4.78 is 22.2. The molecule has 3 heterocycles. The van der Waals surface area contributed by atoms with Crippen molar-refractivity contribution in [3.05, 3.63) is 77.1 Å². The van der Waals surface area contributed by atoms with Crippen molar-refractivity contribution >= 4 is 0 Å². The monoisotopic (exact) mass is 577 g/mol. The molecule has 2 aliphatic heterocycles. The van der Waals surface area contributed by atoms with Crippen LogP contribution in [0.25, 0.3) is 0 Å². The summed E-state index contributed by atoms with van der Waals surface area (Å²) in [6.45, 7) is 3.09. The lowest BCUT2D eigenvalue weighted by molar-refractivity contribution is 0.0625. The van der Waals surface area contributed by atoms with Crippen molar-refractivity contribution in [2.24, 2.45) is 0 Å². The van der Waals surface area contributed by atoms with E-state index in [1.54, 1.807) is 28.4 Å². The molecule has 42 heavy (non-hydrogen) atoms. The van der Waals surface area contributed by atoms with Crippen LogP contribution in [0.4, 0.5) is 0 Å². The molecule has 0 saturated carbocycles. The van der Waals surface area contributed by atoms with E-state index in [0.29, 0.717) is 36.1 Å². The summed E-state index contributed by atoms with van der Waals surface area (Å²) in [4.78, 5) is 9.47. The largest absolute Gasteiger partial charge is 0.493 e. The molecule has 2 saturated heterocycles. The third-order valence-corrected chi connectivity index (χ3v) is 8.77. The molecule has 2 unspecified atom stereocenters. The Morgan fingerprint density at radius 2 is 1.24 bits per heavy atom. The number of hydrogen-bond donors (Lipinski definition) is 2. The van der Waals surface area contributed by atoms with E-state index in [-0.39, 0.29) is 12.1 Å². The van der Waals surface area contributed by atoms with Crippen LogP contribution < -0.4 is 18.9 Å². The molecule has 0 bridgehead atoms. The molecule has 0 radical (unpaired) electrons. The number of pyridine rings is 1. The van der Waals surface area contributed by atoms with Crippen molar-refractivity contribution < 1.29 is 29.2 Å². The predicted octanol–water partition coefficient (Wildman–Crippen LogP) is 4.51. The standard InChI is InChI=1S/C33H43N3O6/c1-39-28-15-5-11-23(32(28)41-3)30(37)26-13-8-18-35(26)20-22-10-7-17-34-25(22)21-36-19-9-14-27(36)31(38)24-12-6-16-29(40-2)33(24)42-4/h5-7,10-12,15-17,26-27,30-31,37-38H,8-9,13-14,18-21H2,1-4H3/t26-,27-,30?,31?/m0/s1. The van der Waals surface area contributed by atoms with Gasteiger partial charge in [-0.15, -0.1) is 0 Å². The number of aromatic nitrogens is 1. The Labute approximate surface area is 248 Å². The quantitative estimate of drug-likeness (QED) is 0.322. The average Bonchev–Trinajstić information content (AvgIpc) is 3.70. The van der Waals surface area contributed by atoms with Crippen LogP contribution in [-0.2, 0) is 13.1 Å². The van der Waals surface area contributed by atoms with E-state index >= 15 is 0 Å². The van der Waals surface area contributed by atoms with Gasteiger partial charge in [-0.25, -0.2) is 0 Å². The summed E-state index contributed by atoms with van der Waals surface area (Å²) in [7, 11) is 6.43. The molecule has 0 spiro atoms. The fraction of sp³-hybridized carbons (Fsp3) is 0.485. The van der Waals surface area contributed by atoms with E-state index in [0.717, 1.165) is 61.2 Å². The van der Waals surface area contributed by atoms with Gasteiger partial charge in [-0.05, 0) is 62.5 Å². The van der Waals surface area contributed by atoms with E-state index in [2.05, 4.69) is 15.9 Å². The van der Waals surface area contributed by atoms with Crippen molar-refractivity contribution in [3.63, 3.8) is 0 Å². The Morgan fingerprint density at radius 1 is 0.714 bits per heavy atom. The third kappa shape index (κ3) is 6.06. The van der Waals surface area contributed by atoms with Crippen LogP contribution in [0.1, 0.15) is 60.3 Å². The van der Waals surface area contributed by atoms with Gasteiger partial charge in [0.15, 0.2) is 23.0 Å². The smallest absolute Gasteiger partial charge is 0.166 e. The minimum atomic E-state index is -0.722.